The van der Waals surface area contributed by atoms with Gasteiger partial charge in [0, 0.05) is 6.54 Å². The van der Waals surface area contributed by atoms with Crippen molar-refractivity contribution < 1.29 is 14.3 Å². The molecule has 1 heterocycles. The van der Waals surface area contributed by atoms with Crippen LogP contribution >= 0.6 is 12.4 Å². The molecular formula is C17H26ClN3O3. The summed E-state index contributed by atoms with van der Waals surface area (Å²) in [7, 11) is 0. The molecule has 1 aliphatic heterocycles. The number of halogens is 1. The highest BCUT2D eigenvalue weighted by molar-refractivity contribution is 5.87. The van der Waals surface area contributed by atoms with Crippen LogP contribution in [-0.4, -0.2) is 49.0 Å². The van der Waals surface area contributed by atoms with Crippen molar-refractivity contribution in [2.75, 3.05) is 26.2 Å². The molecule has 0 spiro atoms. The summed E-state index contributed by atoms with van der Waals surface area (Å²) in [4.78, 5) is 25.8. The second kappa shape index (κ2) is 9.61. The standard InChI is InChI=1S/C17H25N3O3.ClH/c1-12(2)16(18)17(22)19-10-15(21)20-8-9-23-14(11-20)13-6-4-3-5-7-13;/h3-7,12,14,16H,8-11,18H2,1-2H3,(H,19,22);1H/t14?,16-;/m0./s1. The number of rotatable bonds is 5. The number of benzene rings is 1. The third-order valence-electron chi connectivity index (χ3n) is 4.03. The molecule has 0 aromatic heterocycles. The van der Waals surface area contributed by atoms with Crippen molar-refractivity contribution in [3.8, 4) is 0 Å². The summed E-state index contributed by atoms with van der Waals surface area (Å²) in [5.74, 6) is -0.365. The number of hydrogen-bond acceptors (Lipinski definition) is 4. The van der Waals surface area contributed by atoms with Crippen molar-refractivity contribution in [2.24, 2.45) is 11.7 Å². The first-order chi connectivity index (χ1) is 11.0. The fraction of sp³-hybridized carbons (Fsp3) is 0.529. The lowest BCUT2D eigenvalue weighted by molar-refractivity contribution is -0.139. The van der Waals surface area contributed by atoms with Crippen molar-refractivity contribution in [1.82, 2.24) is 10.2 Å². The Kier molecular flexibility index (Phi) is 8.18. The van der Waals surface area contributed by atoms with Gasteiger partial charge in [0.2, 0.25) is 11.8 Å². The maximum atomic E-state index is 12.3. The quantitative estimate of drug-likeness (QED) is 0.828. The summed E-state index contributed by atoms with van der Waals surface area (Å²) >= 11 is 0. The molecule has 134 valence electrons. The Labute approximate surface area is 149 Å². The topological polar surface area (TPSA) is 84.7 Å². The van der Waals surface area contributed by atoms with Crippen molar-refractivity contribution in [1.29, 1.82) is 0 Å². The third kappa shape index (κ3) is 5.47. The molecule has 0 aliphatic carbocycles. The van der Waals surface area contributed by atoms with E-state index in [1.807, 2.05) is 44.2 Å². The number of nitrogens with zero attached hydrogens (tertiary/aromatic N) is 1. The van der Waals surface area contributed by atoms with Gasteiger partial charge < -0.3 is 20.7 Å². The zero-order valence-electron chi connectivity index (χ0n) is 14.1. The molecule has 1 aromatic carbocycles. The van der Waals surface area contributed by atoms with Crippen LogP contribution in [0.1, 0.15) is 25.5 Å². The highest BCUT2D eigenvalue weighted by Gasteiger charge is 2.26. The van der Waals surface area contributed by atoms with Crippen LogP contribution in [0.3, 0.4) is 0 Å². The summed E-state index contributed by atoms with van der Waals surface area (Å²) < 4.78 is 5.74. The van der Waals surface area contributed by atoms with E-state index in [0.29, 0.717) is 19.7 Å². The molecule has 0 radical (unpaired) electrons. The normalized spacial score (nSPS) is 18.7. The number of morpholine rings is 1. The van der Waals surface area contributed by atoms with Gasteiger partial charge in [0.1, 0.15) is 6.10 Å². The third-order valence-corrected chi connectivity index (χ3v) is 4.03. The number of amides is 2. The lowest BCUT2D eigenvalue weighted by Crippen LogP contribution is -2.50. The van der Waals surface area contributed by atoms with E-state index in [4.69, 9.17) is 10.5 Å². The predicted molar refractivity (Wildman–Crippen MR) is 94.8 cm³/mol. The lowest BCUT2D eigenvalue weighted by atomic mass is 10.1. The zero-order valence-corrected chi connectivity index (χ0v) is 14.9. The highest BCUT2D eigenvalue weighted by Crippen LogP contribution is 2.21. The first-order valence-corrected chi connectivity index (χ1v) is 7.96. The molecule has 24 heavy (non-hydrogen) atoms. The molecule has 1 aromatic rings. The summed E-state index contributed by atoms with van der Waals surface area (Å²) in [6, 6.07) is 9.23. The molecule has 1 saturated heterocycles. The molecule has 3 N–H and O–H groups in total. The smallest absolute Gasteiger partial charge is 0.242 e. The van der Waals surface area contributed by atoms with Crippen LogP contribution in [0.2, 0.25) is 0 Å². The molecule has 0 saturated carbocycles. The Balaban J connectivity index is 0.00000288. The van der Waals surface area contributed by atoms with E-state index < -0.39 is 6.04 Å². The second-order valence-electron chi connectivity index (χ2n) is 6.10. The van der Waals surface area contributed by atoms with Crippen LogP contribution in [0.4, 0.5) is 0 Å². The number of carbonyl (C=O) groups is 2. The SMILES string of the molecule is CC(C)[C@H](N)C(=O)NCC(=O)N1CCOC(c2ccccc2)C1.Cl. The second-order valence-corrected chi connectivity index (χ2v) is 6.10. The van der Waals surface area contributed by atoms with E-state index in [0.717, 1.165) is 5.56 Å². The number of nitrogens with two attached hydrogens (primary N) is 1. The van der Waals surface area contributed by atoms with Gasteiger partial charge >= 0.3 is 0 Å². The first kappa shape index (κ1) is 20.4. The van der Waals surface area contributed by atoms with Crippen LogP contribution in [-0.2, 0) is 14.3 Å². The molecule has 1 unspecified atom stereocenters. The minimum atomic E-state index is -0.593. The minimum Gasteiger partial charge on any atom is -0.370 e. The Morgan fingerprint density at radius 3 is 2.62 bits per heavy atom. The summed E-state index contributed by atoms with van der Waals surface area (Å²) in [5.41, 5.74) is 6.82. The van der Waals surface area contributed by atoms with Gasteiger partial charge in [-0.25, -0.2) is 0 Å². The minimum absolute atomic E-state index is 0. The average Bonchev–Trinajstić information content (AvgIpc) is 2.59. The van der Waals surface area contributed by atoms with Gasteiger partial charge in [-0.2, -0.15) is 0 Å². The van der Waals surface area contributed by atoms with Gasteiger partial charge in [-0.3, -0.25) is 9.59 Å². The molecular weight excluding hydrogens is 330 g/mol. The molecule has 1 aliphatic rings. The Hall–Kier alpha value is -1.63. The Morgan fingerprint density at radius 2 is 2.00 bits per heavy atom. The fourth-order valence-corrected chi connectivity index (χ4v) is 2.44. The van der Waals surface area contributed by atoms with Gasteiger partial charge in [0.15, 0.2) is 0 Å². The number of nitrogens with one attached hydrogen (secondary N) is 1. The number of hydrogen-bond donors (Lipinski definition) is 2. The Bertz CT molecular complexity index is 539. The Morgan fingerprint density at radius 1 is 1.33 bits per heavy atom. The van der Waals surface area contributed by atoms with Crippen LogP contribution in [0, 0.1) is 5.92 Å². The maximum absolute atomic E-state index is 12.3. The van der Waals surface area contributed by atoms with E-state index in [-0.39, 0.29) is 42.8 Å². The van der Waals surface area contributed by atoms with Crippen molar-refractivity contribution in [2.45, 2.75) is 26.0 Å². The van der Waals surface area contributed by atoms with Crippen LogP contribution < -0.4 is 11.1 Å². The number of ether oxygens (including phenoxy) is 1. The molecule has 0 bridgehead atoms. The van der Waals surface area contributed by atoms with Gasteiger partial charge in [-0.15, -0.1) is 12.4 Å². The van der Waals surface area contributed by atoms with E-state index in [1.165, 1.54) is 0 Å². The predicted octanol–water partition coefficient (Wildman–Crippen LogP) is 1.11. The van der Waals surface area contributed by atoms with Crippen molar-refractivity contribution in [3.05, 3.63) is 35.9 Å². The van der Waals surface area contributed by atoms with Gasteiger partial charge in [0.05, 0.1) is 25.7 Å². The first-order valence-electron chi connectivity index (χ1n) is 7.96. The summed E-state index contributed by atoms with van der Waals surface area (Å²) in [6.45, 7) is 5.24. The average molecular weight is 356 g/mol. The van der Waals surface area contributed by atoms with Gasteiger partial charge in [0.25, 0.3) is 0 Å². The molecule has 2 amide bonds. The molecule has 2 atom stereocenters. The van der Waals surface area contributed by atoms with Gasteiger partial charge in [-0.05, 0) is 11.5 Å². The molecule has 1 fully saturated rings. The monoisotopic (exact) mass is 355 g/mol. The van der Waals surface area contributed by atoms with Crippen LogP contribution in [0.15, 0.2) is 30.3 Å². The van der Waals surface area contributed by atoms with Crippen LogP contribution in [0.25, 0.3) is 0 Å². The summed E-state index contributed by atoms with van der Waals surface area (Å²) in [6.07, 6.45) is -0.123. The van der Waals surface area contributed by atoms with Crippen molar-refractivity contribution >= 4 is 24.2 Å². The van der Waals surface area contributed by atoms with E-state index in [9.17, 15) is 9.59 Å². The largest absolute Gasteiger partial charge is 0.370 e. The highest BCUT2D eigenvalue weighted by atomic mass is 35.5. The van der Waals surface area contributed by atoms with E-state index >= 15 is 0 Å². The van der Waals surface area contributed by atoms with Crippen LogP contribution in [0.5, 0.6) is 0 Å². The molecule has 2 rings (SSSR count). The molecule has 7 heteroatoms. The van der Waals surface area contributed by atoms with E-state index in [1.54, 1.807) is 4.90 Å². The zero-order chi connectivity index (χ0) is 16.8. The number of carbonyl (C=O) groups excluding carboxylic acids is 2. The molecule has 6 nitrogen and oxygen atoms in total. The van der Waals surface area contributed by atoms with Crippen molar-refractivity contribution in [3.63, 3.8) is 0 Å². The lowest BCUT2D eigenvalue weighted by Gasteiger charge is -2.33. The van der Waals surface area contributed by atoms with E-state index in [2.05, 4.69) is 5.32 Å². The summed E-state index contributed by atoms with van der Waals surface area (Å²) in [5, 5.41) is 2.62. The maximum Gasteiger partial charge on any atom is 0.242 e. The fourth-order valence-electron chi connectivity index (χ4n) is 2.44. The van der Waals surface area contributed by atoms with Gasteiger partial charge in [-0.1, -0.05) is 44.2 Å².